The van der Waals surface area contributed by atoms with Gasteiger partial charge in [-0.1, -0.05) is 78.9 Å². The molecule has 4 aromatic rings. The molecule has 0 saturated heterocycles. The fraction of sp³-hybridized carbons (Fsp3) is 0.111. The summed E-state index contributed by atoms with van der Waals surface area (Å²) in [5.74, 6) is -1.71. The molecule has 0 aliphatic heterocycles. The Labute approximate surface area is 203 Å². The maximum absolute atomic E-state index is 13.2. The Morgan fingerprint density at radius 3 is 2.11 bits per heavy atom. The first-order chi connectivity index (χ1) is 16.8. The van der Waals surface area contributed by atoms with E-state index in [9.17, 15) is 23.1 Å². The number of sulfonamides is 1. The molecular weight excluding hydrogens is 464 g/mol. The van der Waals surface area contributed by atoms with E-state index in [0.29, 0.717) is 5.69 Å². The largest absolute Gasteiger partial charge is 0.480 e. The van der Waals surface area contributed by atoms with E-state index in [-0.39, 0.29) is 17.9 Å². The Balaban J connectivity index is 1.49. The number of fused-ring (bicyclic) bond motifs is 1. The molecule has 0 radical (unpaired) electrons. The normalized spacial score (nSPS) is 11.5. The Hall–Kier alpha value is -4.01. The molecule has 0 heterocycles. The third kappa shape index (κ3) is 5.74. The first kappa shape index (κ1) is 24.1. The number of aliphatic carboxylic acids is 1. The van der Waals surface area contributed by atoms with E-state index < -0.39 is 28.4 Å². The van der Waals surface area contributed by atoms with Crippen molar-refractivity contribution >= 4 is 38.4 Å². The minimum atomic E-state index is -4.13. The second-order valence-electron chi connectivity index (χ2n) is 7.95. The number of benzene rings is 4. The molecule has 0 aromatic heterocycles. The van der Waals surface area contributed by atoms with Crippen LogP contribution in [0.1, 0.15) is 6.42 Å². The molecule has 2 N–H and O–H groups in total. The SMILES string of the molecule is O=C(O)CN(CCC(=O)Nc1cccc2ccccc12)S(=O)(=O)c1ccc(-c2ccccc2)cc1. The van der Waals surface area contributed by atoms with Gasteiger partial charge < -0.3 is 10.4 Å². The van der Waals surface area contributed by atoms with Crippen LogP contribution in [-0.4, -0.2) is 42.8 Å². The van der Waals surface area contributed by atoms with Gasteiger partial charge in [-0.05, 0) is 34.7 Å². The molecule has 0 spiro atoms. The van der Waals surface area contributed by atoms with E-state index in [2.05, 4.69) is 5.32 Å². The van der Waals surface area contributed by atoms with Gasteiger partial charge in [0.2, 0.25) is 15.9 Å². The van der Waals surface area contributed by atoms with Crippen LogP contribution in [-0.2, 0) is 19.6 Å². The maximum atomic E-state index is 13.2. The predicted octanol–water partition coefficient (Wildman–Crippen LogP) is 4.61. The van der Waals surface area contributed by atoms with Gasteiger partial charge >= 0.3 is 5.97 Å². The molecule has 7 nitrogen and oxygen atoms in total. The van der Waals surface area contributed by atoms with Crippen molar-refractivity contribution in [2.24, 2.45) is 0 Å². The van der Waals surface area contributed by atoms with Crippen molar-refractivity contribution in [3.8, 4) is 11.1 Å². The van der Waals surface area contributed by atoms with Crippen LogP contribution in [0.15, 0.2) is 102 Å². The summed E-state index contributed by atoms with van der Waals surface area (Å²) in [6.45, 7) is -1.02. The summed E-state index contributed by atoms with van der Waals surface area (Å²) >= 11 is 0. The molecule has 4 rings (SSSR count). The maximum Gasteiger partial charge on any atom is 0.318 e. The minimum absolute atomic E-state index is 0.0344. The number of carbonyl (C=O) groups is 2. The van der Waals surface area contributed by atoms with E-state index in [1.54, 1.807) is 18.2 Å². The smallest absolute Gasteiger partial charge is 0.318 e. The summed E-state index contributed by atoms with van der Waals surface area (Å²) in [5.41, 5.74) is 2.38. The van der Waals surface area contributed by atoms with Crippen molar-refractivity contribution in [1.29, 1.82) is 0 Å². The van der Waals surface area contributed by atoms with Gasteiger partial charge in [0.1, 0.15) is 6.54 Å². The van der Waals surface area contributed by atoms with Crippen molar-refractivity contribution in [2.45, 2.75) is 11.3 Å². The van der Waals surface area contributed by atoms with Crippen LogP contribution in [0.25, 0.3) is 21.9 Å². The van der Waals surface area contributed by atoms with E-state index in [0.717, 1.165) is 26.2 Å². The highest BCUT2D eigenvalue weighted by Gasteiger charge is 2.27. The summed E-state index contributed by atoms with van der Waals surface area (Å²) in [6, 6.07) is 28.8. The Kier molecular flexibility index (Phi) is 7.24. The third-order valence-electron chi connectivity index (χ3n) is 5.56. The van der Waals surface area contributed by atoms with Crippen LogP contribution in [0.5, 0.6) is 0 Å². The number of hydrogen-bond acceptors (Lipinski definition) is 4. The second kappa shape index (κ2) is 10.5. The lowest BCUT2D eigenvalue weighted by Gasteiger charge is -2.20. The molecule has 178 valence electrons. The molecular formula is C27H24N2O5S. The number of carbonyl (C=O) groups excluding carboxylic acids is 1. The van der Waals surface area contributed by atoms with Crippen LogP contribution in [0.3, 0.4) is 0 Å². The van der Waals surface area contributed by atoms with Crippen molar-refractivity contribution in [2.75, 3.05) is 18.4 Å². The molecule has 0 atom stereocenters. The average molecular weight is 489 g/mol. The molecule has 0 aliphatic rings. The fourth-order valence-electron chi connectivity index (χ4n) is 3.81. The molecule has 0 aliphatic carbocycles. The lowest BCUT2D eigenvalue weighted by Crippen LogP contribution is -2.37. The molecule has 4 aromatic carbocycles. The first-order valence-corrected chi connectivity index (χ1v) is 12.4. The average Bonchev–Trinajstić information content (AvgIpc) is 2.87. The van der Waals surface area contributed by atoms with Gasteiger partial charge in [0.25, 0.3) is 0 Å². The Bertz CT molecular complexity index is 1450. The van der Waals surface area contributed by atoms with E-state index in [1.807, 2.05) is 66.7 Å². The molecule has 0 saturated carbocycles. The topological polar surface area (TPSA) is 104 Å². The van der Waals surface area contributed by atoms with Crippen molar-refractivity contribution in [1.82, 2.24) is 4.31 Å². The first-order valence-electron chi connectivity index (χ1n) is 11.0. The zero-order chi connectivity index (χ0) is 24.8. The highest BCUT2D eigenvalue weighted by atomic mass is 32.2. The zero-order valence-corrected chi connectivity index (χ0v) is 19.6. The Morgan fingerprint density at radius 1 is 0.771 bits per heavy atom. The van der Waals surface area contributed by atoms with E-state index in [4.69, 9.17) is 0 Å². The number of nitrogens with zero attached hydrogens (tertiary/aromatic N) is 1. The van der Waals surface area contributed by atoms with Crippen LogP contribution in [0.4, 0.5) is 5.69 Å². The number of carboxylic acids is 1. The van der Waals surface area contributed by atoms with Gasteiger partial charge in [0, 0.05) is 24.0 Å². The number of amides is 1. The number of nitrogens with one attached hydrogen (secondary N) is 1. The standard InChI is InChI=1S/C27H24N2O5S/c30-26(28-25-12-6-10-22-9-4-5-11-24(22)25)17-18-29(19-27(31)32)35(33,34)23-15-13-21(14-16-23)20-7-2-1-3-8-20/h1-16H,17-19H2,(H,28,30)(H,31,32). The fourth-order valence-corrected chi connectivity index (χ4v) is 5.20. The molecule has 1 amide bonds. The summed E-state index contributed by atoms with van der Waals surface area (Å²) in [7, 11) is -4.13. The van der Waals surface area contributed by atoms with Crippen LogP contribution < -0.4 is 5.32 Å². The molecule has 35 heavy (non-hydrogen) atoms. The number of anilines is 1. The monoisotopic (exact) mass is 488 g/mol. The van der Waals surface area contributed by atoms with Gasteiger partial charge in [-0.25, -0.2) is 8.42 Å². The third-order valence-corrected chi connectivity index (χ3v) is 7.42. The Morgan fingerprint density at radius 2 is 1.40 bits per heavy atom. The van der Waals surface area contributed by atoms with Gasteiger partial charge in [-0.2, -0.15) is 4.31 Å². The van der Waals surface area contributed by atoms with Crippen LogP contribution >= 0.6 is 0 Å². The number of hydrogen-bond donors (Lipinski definition) is 2. The van der Waals surface area contributed by atoms with Crippen molar-refractivity contribution < 1.29 is 23.1 Å². The lowest BCUT2D eigenvalue weighted by atomic mass is 10.1. The molecule has 0 bridgehead atoms. The summed E-state index contributed by atoms with van der Waals surface area (Å²) in [5, 5.41) is 13.9. The predicted molar refractivity (Wildman–Crippen MR) is 135 cm³/mol. The van der Waals surface area contributed by atoms with Crippen molar-refractivity contribution in [3.63, 3.8) is 0 Å². The van der Waals surface area contributed by atoms with Gasteiger partial charge in [-0.3, -0.25) is 9.59 Å². The summed E-state index contributed by atoms with van der Waals surface area (Å²) < 4.78 is 27.2. The quantitative estimate of drug-likeness (QED) is 0.358. The van der Waals surface area contributed by atoms with E-state index in [1.165, 1.54) is 12.1 Å². The van der Waals surface area contributed by atoms with Crippen LogP contribution in [0.2, 0.25) is 0 Å². The highest BCUT2D eigenvalue weighted by molar-refractivity contribution is 7.89. The number of rotatable bonds is 9. The highest BCUT2D eigenvalue weighted by Crippen LogP contribution is 2.24. The second-order valence-corrected chi connectivity index (χ2v) is 9.89. The van der Waals surface area contributed by atoms with Gasteiger partial charge in [-0.15, -0.1) is 0 Å². The van der Waals surface area contributed by atoms with Gasteiger partial charge in [0.05, 0.1) is 4.90 Å². The number of carboxylic acid groups (broad SMARTS) is 1. The van der Waals surface area contributed by atoms with Crippen molar-refractivity contribution in [3.05, 3.63) is 97.1 Å². The molecule has 0 fully saturated rings. The lowest BCUT2D eigenvalue weighted by molar-refractivity contribution is -0.137. The van der Waals surface area contributed by atoms with Crippen LogP contribution in [0, 0.1) is 0 Å². The summed E-state index contributed by atoms with van der Waals surface area (Å²) in [4.78, 5) is 24.0. The summed E-state index contributed by atoms with van der Waals surface area (Å²) in [6.07, 6.45) is -0.197. The minimum Gasteiger partial charge on any atom is -0.480 e. The molecule has 8 heteroatoms. The zero-order valence-electron chi connectivity index (χ0n) is 18.8. The van der Waals surface area contributed by atoms with E-state index >= 15 is 0 Å². The van der Waals surface area contributed by atoms with Gasteiger partial charge in [0.15, 0.2) is 0 Å². The molecule has 0 unspecified atom stereocenters.